The van der Waals surface area contributed by atoms with Crippen LogP contribution >= 0.6 is 0 Å². The topological polar surface area (TPSA) is 159 Å². The first kappa shape index (κ1) is 29.4. The molecule has 37 heavy (non-hydrogen) atoms. The van der Waals surface area contributed by atoms with Crippen LogP contribution in [0.5, 0.6) is 0 Å². The summed E-state index contributed by atoms with van der Waals surface area (Å²) in [5.74, 6) is -0.0342. The first-order valence-corrected chi connectivity index (χ1v) is 13.7. The van der Waals surface area contributed by atoms with E-state index < -0.39 is 57.5 Å². The molecule has 1 saturated carbocycles. The summed E-state index contributed by atoms with van der Waals surface area (Å²) in [5.41, 5.74) is -2.54. The maximum absolute atomic E-state index is 12.7. The Hall–Kier alpha value is -2.13. The summed E-state index contributed by atoms with van der Waals surface area (Å²) in [6, 6.07) is 0.486. The number of amides is 1. The van der Waals surface area contributed by atoms with Gasteiger partial charge in [0.05, 0.1) is 25.8 Å². The van der Waals surface area contributed by atoms with Crippen molar-refractivity contribution in [1.29, 1.82) is 0 Å². The van der Waals surface area contributed by atoms with Crippen molar-refractivity contribution >= 4 is 21.9 Å². The molecule has 1 aromatic rings. The number of carbonyl (C=O) groups excluding carboxylic acids is 1. The molecule has 0 bridgehead atoms. The second-order valence-electron chi connectivity index (χ2n) is 10.5. The number of aromatic nitrogens is 1. The van der Waals surface area contributed by atoms with Crippen LogP contribution < -0.4 is 15.4 Å². The van der Waals surface area contributed by atoms with E-state index in [1.165, 1.54) is 6.07 Å². The van der Waals surface area contributed by atoms with E-state index in [1.807, 2.05) is 0 Å². The predicted octanol–water partition coefficient (Wildman–Crippen LogP) is 2.05. The van der Waals surface area contributed by atoms with Gasteiger partial charge in [-0.2, -0.15) is 0 Å². The molecule has 2 atom stereocenters. The fourth-order valence-corrected chi connectivity index (χ4v) is 5.66. The molecule has 2 fully saturated rings. The van der Waals surface area contributed by atoms with Gasteiger partial charge in [0, 0.05) is 11.8 Å². The fourth-order valence-electron chi connectivity index (χ4n) is 4.43. The highest BCUT2D eigenvalue weighted by atomic mass is 32.2. The normalized spacial score (nSPS) is 20.1. The molecule has 1 aliphatic heterocycles. The number of hydrogen-bond acceptors (Lipinski definition) is 9. The number of anilines is 1. The summed E-state index contributed by atoms with van der Waals surface area (Å²) in [5, 5.41) is 27.5. The minimum Gasteiger partial charge on any atom is -0.444 e. The van der Waals surface area contributed by atoms with Crippen LogP contribution in [-0.4, -0.2) is 73.8 Å². The Balaban J connectivity index is 1.86. The fraction of sp³-hybridized carbons (Fsp3) is 0.739. The van der Waals surface area contributed by atoms with Crippen LogP contribution in [0.25, 0.3) is 0 Å². The Labute approximate surface area is 215 Å². The summed E-state index contributed by atoms with van der Waals surface area (Å²) in [6.45, 7) is 3.66. The summed E-state index contributed by atoms with van der Waals surface area (Å²) in [4.78, 5) is 16.1. The second-order valence-corrected chi connectivity index (χ2v) is 12.2. The lowest BCUT2D eigenvalue weighted by Gasteiger charge is -2.38. The van der Waals surface area contributed by atoms with Gasteiger partial charge in [0.2, 0.25) is 10.0 Å². The Kier molecular flexibility index (Phi) is 9.32. The van der Waals surface area contributed by atoms with Gasteiger partial charge < -0.3 is 30.3 Å². The average Bonchev–Trinajstić information content (AvgIpc) is 2.79. The van der Waals surface area contributed by atoms with Crippen molar-refractivity contribution in [2.24, 2.45) is 5.92 Å². The summed E-state index contributed by atoms with van der Waals surface area (Å²) in [6.07, 6.45) is 0.490. The van der Waals surface area contributed by atoms with Crippen molar-refractivity contribution in [3.05, 3.63) is 17.8 Å². The number of rotatable bonds is 10. The molecular formula is C23H36F2N4O7S. The van der Waals surface area contributed by atoms with Crippen LogP contribution in [0.3, 0.4) is 0 Å². The molecule has 14 heteroatoms. The van der Waals surface area contributed by atoms with E-state index in [1.54, 1.807) is 25.5 Å². The van der Waals surface area contributed by atoms with Crippen molar-refractivity contribution in [3.8, 4) is 0 Å². The van der Waals surface area contributed by atoms with Crippen molar-refractivity contribution in [3.63, 3.8) is 0 Å². The SMILES string of the molecule is CC(C)(C)OC(=O)N[C@@H](C1CCCCC1)[C@H](O)Nc1cc(C2(O)COC2)c(S(=O)(=O)NCC(F)F)cn1. The van der Waals surface area contributed by atoms with E-state index in [0.29, 0.717) is 0 Å². The highest BCUT2D eigenvalue weighted by Gasteiger charge is 2.43. The number of carbonyl (C=O) groups is 1. The third-order valence-electron chi connectivity index (χ3n) is 6.24. The van der Waals surface area contributed by atoms with Crippen LogP contribution in [0.2, 0.25) is 0 Å². The molecule has 1 aliphatic carbocycles. The highest BCUT2D eigenvalue weighted by Crippen LogP contribution is 2.35. The minimum absolute atomic E-state index is 0.0161. The molecule has 11 nitrogen and oxygen atoms in total. The van der Waals surface area contributed by atoms with E-state index in [2.05, 4.69) is 15.6 Å². The molecule has 210 valence electrons. The van der Waals surface area contributed by atoms with Crippen LogP contribution in [0, 0.1) is 5.92 Å². The van der Waals surface area contributed by atoms with Gasteiger partial charge in [0.1, 0.15) is 28.1 Å². The molecule has 1 amide bonds. The van der Waals surface area contributed by atoms with Gasteiger partial charge in [-0.25, -0.2) is 31.7 Å². The Morgan fingerprint density at radius 1 is 1.27 bits per heavy atom. The molecule has 0 aromatic carbocycles. The number of alkyl carbamates (subject to hydrolysis) is 1. The predicted molar refractivity (Wildman–Crippen MR) is 130 cm³/mol. The largest absolute Gasteiger partial charge is 0.444 e. The minimum atomic E-state index is -4.43. The molecule has 3 rings (SSSR count). The first-order valence-electron chi connectivity index (χ1n) is 12.2. The highest BCUT2D eigenvalue weighted by molar-refractivity contribution is 7.89. The van der Waals surface area contributed by atoms with Crippen LogP contribution in [-0.2, 0) is 25.1 Å². The van der Waals surface area contributed by atoms with Crippen LogP contribution in [0.15, 0.2) is 17.2 Å². The summed E-state index contributed by atoms with van der Waals surface area (Å²) < 4.78 is 62.8. The Morgan fingerprint density at radius 3 is 2.46 bits per heavy atom. The van der Waals surface area contributed by atoms with Gasteiger partial charge in [0.15, 0.2) is 0 Å². The smallest absolute Gasteiger partial charge is 0.408 e. The van der Waals surface area contributed by atoms with Crippen molar-refractivity contribution in [1.82, 2.24) is 15.0 Å². The summed E-state index contributed by atoms with van der Waals surface area (Å²) in [7, 11) is -4.43. The number of halogens is 2. The lowest BCUT2D eigenvalue weighted by atomic mass is 9.83. The lowest BCUT2D eigenvalue weighted by Crippen LogP contribution is -2.52. The number of hydrogen-bond donors (Lipinski definition) is 5. The molecule has 0 radical (unpaired) electrons. The standard InChI is InChI=1S/C23H36F2N4O7S/c1-22(2,3)36-21(31)29-19(14-7-5-4-6-8-14)20(30)28-18-9-15(23(32)12-35-13-23)16(10-26-18)37(33,34)27-11-17(24)25/h9-10,14,17,19-20,27,30,32H,4-8,11-13H2,1-3H3,(H,26,28)(H,29,31)/t19-,20-/m0/s1. The zero-order chi connectivity index (χ0) is 27.4. The molecular weight excluding hydrogens is 514 g/mol. The maximum Gasteiger partial charge on any atom is 0.408 e. The number of ether oxygens (including phenoxy) is 2. The monoisotopic (exact) mass is 550 g/mol. The quantitative estimate of drug-likeness (QED) is 0.275. The number of sulfonamides is 1. The second kappa shape index (κ2) is 11.7. The van der Waals surface area contributed by atoms with Gasteiger partial charge in [-0.05, 0) is 45.6 Å². The van der Waals surface area contributed by atoms with Gasteiger partial charge >= 0.3 is 6.09 Å². The Morgan fingerprint density at radius 2 is 1.92 bits per heavy atom. The van der Waals surface area contributed by atoms with Crippen molar-refractivity contribution < 1.29 is 41.7 Å². The molecule has 2 heterocycles. The molecule has 0 unspecified atom stereocenters. The number of aliphatic hydroxyl groups excluding tert-OH is 1. The molecule has 1 aromatic heterocycles. The average molecular weight is 551 g/mol. The number of nitrogens with one attached hydrogen (secondary N) is 3. The van der Waals surface area contributed by atoms with Gasteiger partial charge in [0.25, 0.3) is 6.43 Å². The molecule has 5 N–H and O–H groups in total. The summed E-state index contributed by atoms with van der Waals surface area (Å²) >= 11 is 0. The van der Waals surface area contributed by atoms with Gasteiger partial charge in [-0.15, -0.1) is 0 Å². The zero-order valence-corrected chi connectivity index (χ0v) is 22.0. The lowest BCUT2D eigenvalue weighted by molar-refractivity contribution is -0.186. The van der Waals surface area contributed by atoms with E-state index in [-0.39, 0.29) is 30.5 Å². The third kappa shape index (κ3) is 7.93. The molecule has 1 saturated heterocycles. The van der Waals surface area contributed by atoms with Gasteiger partial charge in [-0.1, -0.05) is 19.3 Å². The van der Waals surface area contributed by atoms with E-state index >= 15 is 0 Å². The molecule has 0 spiro atoms. The van der Waals surface area contributed by atoms with Crippen molar-refractivity contribution in [2.45, 2.75) is 87.7 Å². The third-order valence-corrected chi connectivity index (χ3v) is 7.70. The number of nitrogens with zero attached hydrogens (tertiary/aromatic N) is 1. The van der Waals surface area contributed by atoms with E-state index in [0.717, 1.165) is 38.3 Å². The first-order chi connectivity index (χ1) is 17.2. The number of alkyl halides is 2. The molecule has 2 aliphatic rings. The van der Waals surface area contributed by atoms with Gasteiger partial charge in [-0.3, -0.25) is 0 Å². The van der Waals surface area contributed by atoms with E-state index in [4.69, 9.17) is 9.47 Å². The van der Waals surface area contributed by atoms with Crippen LogP contribution in [0.1, 0.15) is 58.4 Å². The van der Waals surface area contributed by atoms with Crippen molar-refractivity contribution in [2.75, 3.05) is 25.1 Å². The zero-order valence-electron chi connectivity index (χ0n) is 21.2. The van der Waals surface area contributed by atoms with Crippen LogP contribution in [0.4, 0.5) is 19.4 Å². The van der Waals surface area contributed by atoms with E-state index in [9.17, 15) is 32.2 Å². The Bertz CT molecular complexity index is 1040. The maximum atomic E-state index is 12.7. The number of pyridine rings is 1. The number of aliphatic hydroxyl groups is 2.